The molecule has 0 atom stereocenters. The van der Waals surface area contributed by atoms with Gasteiger partial charge in [0.05, 0.1) is 12.1 Å². The highest BCUT2D eigenvalue weighted by molar-refractivity contribution is 7.89. The molecule has 33 heavy (non-hydrogen) atoms. The summed E-state index contributed by atoms with van der Waals surface area (Å²) in [6.45, 7) is 1.66. The van der Waals surface area contributed by atoms with Gasteiger partial charge in [0.25, 0.3) is 15.9 Å². The number of nitrogens with one attached hydrogen (secondary N) is 1. The van der Waals surface area contributed by atoms with Gasteiger partial charge in [-0.05, 0) is 48.7 Å². The number of benzene rings is 2. The van der Waals surface area contributed by atoms with Crippen molar-refractivity contribution >= 4 is 27.5 Å². The number of hydroxylamine groups is 1. The lowest BCUT2D eigenvalue weighted by Gasteiger charge is -2.38. The van der Waals surface area contributed by atoms with Crippen LogP contribution in [0.15, 0.2) is 41.3 Å². The van der Waals surface area contributed by atoms with E-state index >= 15 is 0 Å². The van der Waals surface area contributed by atoms with E-state index < -0.39 is 15.9 Å². The van der Waals surface area contributed by atoms with Gasteiger partial charge in [-0.2, -0.15) is 0 Å². The number of hydrogen-bond donors (Lipinski definition) is 1. The van der Waals surface area contributed by atoms with Crippen LogP contribution in [-0.4, -0.2) is 59.5 Å². The smallest absolute Gasteiger partial charge is 0.266 e. The van der Waals surface area contributed by atoms with Crippen molar-refractivity contribution in [3.05, 3.63) is 52.5 Å². The largest absolute Gasteiger partial charge is 0.454 e. The normalized spacial score (nSPS) is 17.2. The maximum absolute atomic E-state index is 13.0. The maximum Gasteiger partial charge on any atom is 0.266 e. The van der Waals surface area contributed by atoms with E-state index in [0.717, 1.165) is 5.56 Å². The molecule has 2 aliphatic rings. The summed E-state index contributed by atoms with van der Waals surface area (Å²) in [5.74, 6) is 0.968. The summed E-state index contributed by atoms with van der Waals surface area (Å²) in [4.78, 5) is 17.6. The number of sulfonamides is 1. The third kappa shape index (κ3) is 4.67. The Morgan fingerprint density at radius 2 is 1.88 bits per heavy atom. The summed E-state index contributed by atoms with van der Waals surface area (Å²) >= 11 is 6.10. The van der Waals surface area contributed by atoms with Crippen LogP contribution in [-0.2, 0) is 25.0 Å². The zero-order chi connectivity index (χ0) is 23.6. The predicted octanol–water partition coefficient (Wildman–Crippen LogP) is 2.73. The van der Waals surface area contributed by atoms with Gasteiger partial charge in [0.1, 0.15) is 4.90 Å². The van der Waals surface area contributed by atoms with Crippen LogP contribution < -0.4 is 14.8 Å². The van der Waals surface area contributed by atoms with Gasteiger partial charge in [-0.15, -0.1) is 0 Å². The molecule has 0 aromatic heterocycles. The maximum atomic E-state index is 13.0. The molecule has 178 valence electrons. The highest BCUT2D eigenvalue weighted by atomic mass is 35.5. The first-order valence-corrected chi connectivity index (χ1v) is 12.2. The molecule has 2 heterocycles. The van der Waals surface area contributed by atoms with Crippen molar-refractivity contribution in [2.45, 2.75) is 23.2 Å². The first-order chi connectivity index (χ1) is 15.8. The van der Waals surface area contributed by atoms with Gasteiger partial charge in [-0.1, -0.05) is 22.1 Å². The minimum absolute atomic E-state index is 0.00305. The highest BCUT2D eigenvalue weighted by Gasteiger charge is 2.36. The third-order valence-electron chi connectivity index (χ3n) is 6.09. The SMILES string of the molecule is CON(C)S(=O)(=O)c1cc(C(=O)NCC2(c3ccc4c(c3)OCO4)CCOCC2)ccc1Cl. The zero-order valence-corrected chi connectivity index (χ0v) is 19.9. The quantitative estimate of drug-likeness (QED) is 0.588. The summed E-state index contributed by atoms with van der Waals surface area (Å²) in [5, 5.41) is 2.96. The van der Waals surface area contributed by atoms with Crippen LogP contribution in [0.2, 0.25) is 5.02 Å². The fourth-order valence-corrected chi connectivity index (χ4v) is 5.46. The van der Waals surface area contributed by atoms with Crippen LogP contribution in [0.25, 0.3) is 0 Å². The second-order valence-corrected chi connectivity index (χ2v) is 10.2. The number of rotatable bonds is 7. The second-order valence-electron chi connectivity index (χ2n) is 7.89. The average Bonchev–Trinajstić information content (AvgIpc) is 3.30. The van der Waals surface area contributed by atoms with Gasteiger partial charge >= 0.3 is 0 Å². The standard InChI is InChI=1S/C22H25ClN2O7S/c1-25(29-2)33(27,28)20-11-15(3-5-17(20)23)21(26)24-13-22(7-9-30-10-8-22)16-4-6-18-19(12-16)32-14-31-18/h3-6,11-12H,7-10,13-14H2,1-2H3,(H,24,26). The van der Waals surface area contributed by atoms with Crippen molar-refractivity contribution in [2.75, 3.05) is 40.7 Å². The molecule has 0 spiro atoms. The molecule has 1 amide bonds. The summed E-state index contributed by atoms with van der Waals surface area (Å²) in [7, 11) is -1.54. The number of carbonyl (C=O) groups excluding carboxylic acids is 1. The Labute approximate surface area is 197 Å². The van der Waals surface area contributed by atoms with E-state index in [1.165, 1.54) is 32.4 Å². The van der Waals surface area contributed by atoms with E-state index in [-0.39, 0.29) is 27.7 Å². The molecule has 0 aliphatic carbocycles. The van der Waals surface area contributed by atoms with Gasteiger partial charge in [0.15, 0.2) is 11.5 Å². The average molecular weight is 497 g/mol. The number of halogens is 1. The van der Waals surface area contributed by atoms with Crippen molar-refractivity contribution in [2.24, 2.45) is 0 Å². The van der Waals surface area contributed by atoms with Crippen LogP contribution >= 0.6 is 11.6 Å². The summed E-state index contributed by atoms with van der Waals surface area (Å²) in [6, 6.07) is 9.93. The summed E-state index contributed by atoms with van der Waals surface area (Å²) in [5.41, 5.74) is 0.846. The number of carbonyl (C=O) groups is 1. The van der Waals surface area contributed by atoms with Crippen LogP contribution in [0.3, 0.4) is 0 Å². The van der Waals surface area contributed by atoms with Crippen molar-refractivity contribution in [3.8, 4) is 11.5 Å². The van der Waals surface area contributed by atoms with Gasteiger partial charge in [-0.25, -0.2) is 8.42 Å². The topological polar surface area (TPSA) is 103 Å². The number of amides is 1. The molecule has 1 N–H and O–H groups in total. The van der Waals surface area contributed by atoms with Gasteiger partial charge < -0.3 is 19.5 Å². The molecule has 0 radical (unpaired) electrons. The summed E-state index contributed by atoms with van der Waals surface area (Å²) < 4.78 is 42.5. The van der Waals surface area contributed by atoms with Crippen LogP contribution in [0.4, 0.5) is 0 Å². The molecule has 0 saturated carbocycles. The first kappa shape index (κ1) is 23.8. The minimum Gasteiger partial charge on any atom is -0.454 e. The molecule has 2 aromatic carbocycles. The Balaban J connectivity index is 1.57. The summed E-state index contributed by atoms with van der Waals surface area (Å²) in [6.07, 6.45) is 1.43. The Bertz CT molecular complexity index is 1150. The van der Waals surface area contributed by atoms with Gasteiger partial charge in [0.2, 0.25) is 6.79 Å². The fourth-order valence-electron chi connectivity index (χ4n) is 3.99. The molecule has 0 unspecified atom stereocenters. The molecule has 4 rings (SSSR count). The van der Waals surface area contributed by atoms with E-state index in [1.54, 1.807) is 0 Å². The Kier molecular flexibility index (Phi) is 6.83. The molecule has 0 bridgehead atoms. The Morgan fingerprint density at radius 3 is 2.61 bits per heavy atom. The third-order valence-corrected chi connectivity index (χ3v) is 8.25. The van der Waals surface area contributed by atoms with E-state index in [4.69, 9.17) is 30.6 Å². The number of fused-ring (bicyclic) bond motifs is 1. The molecule has 11 heteroatoms. The molecular formula is C22H25ClN2O7S. The van der Waals surface area contributed by atoms with Crippen molar-refractivity contribution < 1.29 is 32.3 Å². The second kappa shape index (κ2) is 9.47. The molecular weight excluding hydrogens is 472 g/mol. The molecule has 1 fully saturated rings. The monoisotopic (exact) mass is 496 g/mol. The number of nitrogens with zero attached hydrogens (tertiary/aromatic N) is 1. The van der Waals surface area contributed by atoms with Crippen molar-refractivity contribution in [3.63, 3.8) is 0 Å². The van der Waals surface area contributed by atoms with E-state index in [9.17, 15) is 13.2 Å². The number of ether oxygens (including phenoxy) is 3. The minimum atomic E-state index is -4.02. The molecule has 1 saturated heterocycles. The lowest BCUT2D eigenvalue weighted by Crippen LogP contribution is -2.44. The number of hydrogen-bond acceptors (Lipinski definition) is 7. The van der Waals surface area contributed by atoms with Gasteiger partial charge in [-0.3, -0.25) is 9.63 Å². The van der Waals surface area contributed by atoms with Crippen molar-refractivity contribution in [1.82, 2.24) is 9.79 Å². The lowest BCUT2D eigenvalue weighted by molar-refractivity contribution is -0.0258. The van der Waals surface area contributed by atoms with Crippen LogP contribution in [0, 0.1) is 0 Å². The Morgan fingerprint density at radius 1 is 1.15 bits per heavy atom. The fraction of sp³-hybridized carbons (Fsp3) is 0.409. The highest BCUT2D eigenvalue weighted by Crippen LogP contribution is 2.40. The molecule has 2 aliphatic heterocycles. The lowest BCUT2D eigenvalue weighted by atomic mass is 9.74. The zero-order valence-electron chi connectivity index (χ0n) is 18.3. The molecule has 9 nitrogen and oxygen atoms in total. The van der Waals surface area contributed by atoms with E-state index in [2.05, 4.69) is 5.32 Å². The van der Waals surface area contributed by atoms with Crippen LogP contribution in [0.1, 0.15) is 28.8 Å². The van der Waals surface area contributed by atoms with E-state index in [0.29, 0.717) is 48.6 Å². The molecule has 2 aromatic rings. The van der Waals surface area contributed by atoms with E-state index in [1.807, 2.05) is 18.2 Å². The predicted molar refractivity (Wildman–Crippen MR) is 120 cm³/mol. The first-order valence-electron chi connectivity index (χ1n) is 10.4. The Hall–Kier alpha value is -2.37. The van der Waals surface area contributed by atoms with Crippen molar-refractivity contribution in [1.29, 1.82) is 0 Å². The van der Waals surface area contributed by atoms with Crippen LogP contribution in [0.5, 0.6) is 11.5 Å². The van der Waals surface area contributed by atoms with Gasteiger partial charge in [0, 0.05) is 37.8 Å².